The van der Waals surface area contributed by atoms with Crippen molar-refractivity contribution in [3.05, 3.63) is 37.1 Å². The maximum absolute atomic E-state index is 12.0. The lowest BCUT2D eigenvalue weighted by Crippen LogP contribution is -2.48. The molecule has 7 nitrogen and oxygen atoms in total. The van der Waals surface area contributed by atoms with Crippen molar-refractivity contribution in [1.82, 2.24) is 15.2 Å². The number of aromatic nitrogens is 1. The smallest absolute Gasteiger partial charge is 0.322 e. The van der Waals surface area contributed by atoms with E-state index in [4.69, 9.17) is 4.74 Å². The quantitative estimate of drug-likeness (QED) is 0.583. The van der Waals surface area contributed by atoms with Crippen LogP contribution in [0.15, 0.2) is 37.1 Å². The number of ether oxygens (including phenoxy) is 1. The molecule has 22 heavy (non-hydrogen) atoms. The number of carbonyl (C=O) groups excluding carboxylic acids is 2. The summed E-state index contributed by atoms with van der Waals surface area (Å²) in [6.45, 7) is 3.65. The minimum Gasteiger partial charge on any atom is -0.497 e. The minimum absolute atomic E-state index is 0.0101. The maximum atomic E-state index is 12.0. The van der Waals surface area contributed by atoms with Gasteiger partial charge in [-0.25, -0.2) is 4.79 Å². The van der Waals surface area contributed by atoms with Gasteiger partial charge in [0.05, 0.1) is 13.7 Å². The SMILES string of the molecule is C=C[C@]1(Cn2cc3ccc(OC)cc3c2O)NC(=O)NC1=O. The van der Waals surface area contributed by atoms with Crippen molar-refractivity contribution < 1.29 is 19.4 Å². The molecule has 0 saturated carbocycles. The summed E-state index contributed by atoms with van der Waals surface area (Å²) in [7, 11) is 1.54. The number of hydrogen-bond acceptors (Lipinski definition) is 4. The third kappa shape index (κ3) is 1.98. The molecular weight excluding hydrogens is 286 g/mol. The van der Waals surface area contributed by atoms with Crippen LogP contribution in [-0.4, -0.2) is 34.3 Å². The zero-order valence-electron chi connectivity index (χ0n) is 11.9. The fraction of sp³-hybridized carbons (Fsp3) is 0.200. The highest BCUT2D eigenvalue weighted by Gasteiger charge is 2.44. The Labute approximate surface area is 126 Å². The van der Waals surface area contributed by atoms with Crippen LogP contribution in [0.5, 0.6) is 11.6 Å². The van der Waals surface area contributed by atoms with Crippen LogP contribution in [0.4, 0.5) is 4.79 Å². The Kier molecular flexibility index (Phi) is 3.05. The van der Waals surface area contributed by atoms with Gasteiger partial charge in [0.15, 0.2) is 11.4 Å². The second kappa shape index (κ2) is 4.80. The largest absolute Gasteiger partial charge is 0.497 e. The predicted octanol–water partition coefficient (Wildman–Crippen LogP) is 1.12. The van der Waals surface area contributed by atoms with Crippen molar-refractivity contribution in [1.29, 1.82) is 0 Å². The summed E-state index contributed by atoms with van der Waals surface area (Å²) in [6, 6.07) is 4.70. The van der Waals surface area contributed by atoms with Crippen LogP contribution in [-0.2, 0) is 11.3 Å². The third-order valence-electron chi connectivity index (χ3n) is 3.81. The number of nitrogens with zero attached hydrogens (tertiary/aromatic N) is 1. The number of urea groups is 1. The second-order valence-electron chi connectivity index (χ2n) is 5.12. The van der Waals surface area contributed by atoms with Crippen molar-refractivity contribution in [2.75, 3.05) is 7.11 Å². The molecule has 1 fully saturated rings. The van der Waals surface area contributed by atoms with Gasteiger partial charge in [-0.3, -0.25) is 10.1 Å². The zero-order valence-corrected chi connectivity index (χ0v) is 11.9. The first-order chi connectivity index (χ1) is 10.5. The number of rotatable bonds is 4. The fourth-order valence-electron chi connectivity index (χ4n) is 2.57. The minimum atomic E-state index is -1.28. The van der Waals surface area contributed by atoms with Gasteiger partial charge in [-0.2, -0.15) is 0 Å². The Balaban J connectivity index is 2.03. The first kappa shape index (κ1) is 14.0. The monoisotopic (exact) mass is 301 g/mol. The lowest BCUT2D eigenvalue weighted by Gasteiger charge is -2.22. The molecule has 1 aromatic carbocycles. The van der Waals surface area contributed by atoms with Gasteiger partial charge in [-0.1, -0.05) is 6.08 Å². The molecule has 2 aromatic rings. The van der Waals surface area contributed by atoms with Gasteiger partial charge in [0, 0.05) is 17.0 Å². The first-order valence-electron chi connectivity index (χ1n) is 6.62. The van der Waals surface area contributed by atoms with E-state index in [1.165, 1.54) is 10.6 Å². The van der Waals surface area contributed by atoms with E-state index in [0.717, 1.165) is 5.39 Å². The molecular formula is C15H15N3O4. The Bertz CT molecular complexity index is 795. The van der Waals surface area contributed by atoms with Gasteiger partial charge in [-0.05, 0) is 18.2 Å². The van der Waals surface area contributed by atoms with Crippen LogP contribution < -0.4 is 15.4 Å². The predicted molar refractivity (Wildman–Crippen MR) is 79.8 cm³/mol. The average molecular weight is 301 g/mol. The van der Waals surface area contributed by atoms with Crippen LogP contribution >= 0.6 is 0 Å². The van der Waals surface area contributed by atoms with E-state index < -0.39 is 17.5 Å². The Hall–Kier alpha value is -2.96. The summed E-state index contributed by atoms with van der Waals surface area (Å²) >= 11 is 0. The number of imide groups is 1. The third-order valence-corrected chi connectivity index (χ3v) is 3.81. The molecule has 1 aliphatic heterocycles. The molecule has 3 rings (SSSR count). The number of carbonyl (C=O) groups is 2. The molecule has 1 atom stereocenters. The fourth-order valence-corrected chi connectivity index (χ4v) is 2.57. The summed E-state index contributed by atoms with van der Waals surface area (Å²) in [6.07, 6.45) is 3.06. The van der Waals surface area contributed by atoms with Gasteiger partial charge >= 0.3 is 6.03 Å². The molecule has 1 aliphatic rings. The van der Waals surface area contributed by atoms with E-state index >= 15 is 0 Å². The van der Waals surface area contributed by atoms with Crippen molar-refractivity contribution in [2.45, 2.75) is 12.1 Å². The maximum Gasteiger partial charge on any atom is 0.322 e. The summed E-state index contributed by atoms with van der Waals surface area (Å²) < 4.78 is 6.63. The molecule has 7 heteroatoms. The highest BCUT2D eigenvalue weighted by Crippen LogP contribution is 2.32. The summed E-state index contributed by atoms with van der Waals surface area (Å²) in [4.78, 5) is 23.4. The van der Waals surface area contributed by atoms with Crippen LogP contribution in [0.2, 0.25) is 0 Å². The van der Waals surface area contributed by atoms with Gasteiger partial charge in [-0.15, -0.1) is 6.58 Å². The number of aromatic hydroxyl groups is 1. The van der Waals surface area contributed by atoms with Crippen molar-refractivity contribution in [2.24, 2.45) is 0 Å². The van der Waals surface area contributed by atoms with Crippen molar-refractivity contribution >= 4 is 22.7 Å². The van der Waals surface area contributed by atoms with Gasteiger partial charge in [0.1, 0.15) is 5.75 Å². The van der Waals surface area contributed by atoms with E-state index in [1.807, 2.05) is 0 Å². The molecule has 114 valence electrons. The Morgan fingerprint density at radius 3 is 2.82 bits per heavy atom. The van der Waals surface area contributed by atoms with Gasteiger partial charge in [0.2, 0.25) is 0 Å². The van der Waals surface area contributed by atoms with E-state index in [9.17, 15) is 14.7 Å². The van der Waals surface area contributed by atoms with E-state index in [1.54, 1.807) is 31.5 Å². The summed E-state index contributed by atoms with van der Waals surface area (Å²) in [5.41, 5.74) is -1.28. The molecule has 0 aliphatic carbocycles. The second-order valence-corrected chi connectivity index (χ2v) is 5.12. The molecule has 2 heterocycles. The van der Waals surface area contributed by atoms with E-state index in [0.29, 0.717) is 11.1 Å². The standard InChI is InChI=1S/C15H15N3O4/c1-3-15(13(20)16-14(21)17-15)8-18-7-9-4-5-10(22-2)6-11(9)12(18)19/h3-7,19H,1,8H2,2H3,(H2,16,17,20,21)/t15-/m1/s1. The molecule has 1 aromatic heterocycles. The van der Waals surface area contributed by atoms with Crippen molar-refractivity contribution in [3.8, 4) is 11.6 Å². The first-order valence-corrected chi connectivity index (χ1v) is 6.62. The lowest BCUT2D eigenvalue weighted by molar-refractivity contribution is -0.122. The number of methoxy groups -OCH3 is 1. The highest BCUT2D eigenvalue weighted by atomic mass is 16.5. The molecule has 0 bridgehead atoms. The molecule has 0 radical (unpaired) electrons. The number of amides is 3. The van der Waals surface area contributed by atoms with Crippen LogP contribution in [0.1, 0.15) is 0 Å². The van der Waals surface area contributed by atoms with Gasteiger partial charge in [0.25, 0.3) is 5.91 Å². The van der Waals surface area contributed by atoms with Crippen LogP contribution in [0.3, 0.4) is 0 Å². The highest BCUT2D eigenvalue weighted by molar-refractivity contribution is 6.08. The molecule has 3 N–H and O–H groups in total. The van der Waals surface area contributed by atoms with Gasteiger partial charge < -0.3 is 19.7 Å². The topological polar surface area (TPSA) is 92.6 Å². The lowest BCUT2D eigenvalue weighted by atomic mass is 10.0. The molecule has 3 amide bonds. The Morgan fingerprint density at radius 2 is 2.23 bits per heavy atom. The number of nitrogens with one attached hydrogen (secondary N) is 2. The van der Waals surface area contributed by atoms with Crippen LogP contribution in [0.25, 0.3) is 10.8 Å². The Morgan fingerprint density at radius 1 is 1.45 bits per heavy atom. The molecule has 1 saturated heterocycles. The normalized spacial score (nSPS) is 20.8. The average Bonchev–Trinajstić information content (AvgIpc) is 2.96. The van der Waals surface area contributed by atoms with Crippen molar-refractivity contribution in [3.63, 3.8) is 0 Å². The zero-order chi connectivity index (χ0) is 15.9. The number of benzene rings is 1. The molecule has 0 spiro atoms. The summed E-state index contributed by atoms with van der Waals surface area (Å²) in [5.74, 6) is 0.109. The van der Waals surface area contributed by atoms with Crippen LogP contribution in [0, 0.1) is 0 Å². The number of hydrogen-bond donors (Lipinski definition) is 3. The summed E-state index contributed by atoms with van der Waals surface area (Å²) in [5, 5.41) is 16.5. The van der Waals surface area contributed by atoms with E-state index in [2.05, 4.69) is 17.2 Å². The number of fused-ring (bicyclic) bond motifs is 1. The van der Waals surface area contributed by atoms with E-state index in [-0.39, 0.29) is 12.4 Å². The molecule has 0 unspecified atom stereocenters.